The molecular weight excluding hydrogens is 264 g/mol. The van der Waals surface area contributed by atoms with E-state index >= 15 is 0 Å². The number of sulfonamides is 1. The molecule has 104 valence electrons. The molecule has 19 heavy (non-hydrogen) atoms. The molecule has 0 saturated carbocycles. The number of nitriles is 1. The fraction of sp³-hybridized carbons (Fsp3) is 0.462. The molecule has 0 N–H and O–H groups in total. The molecule has 6 heteroatoms. The lowest BCUT2D eigenvalue weighted by Gasteiger charge is -2.26. The van der Waals surface area contributed by atoms with Gasteiger partial charge in [-0.3, -0.25) is 0 Å². The topological polar surface area (TPSA) is 70.4 Å². The zero-order valence-electron chi connectivity index (χ0n) is 11.3. The summed E-state index contributed by atoms with van der Waals surface area (Å²) in [5.74, 6) is 0. The van der Waals surface area contributed by atoms with Crippen LogP contribution >= 0.6 is 0 Å². The smallest absolute Gasteiger partial charge is 0.243 e. The van der Waals surface area contributed by atoms with E-state index in [4.69, 9.17) is 10.00 Å². The van der Waals surface area contributed by atoms with Crippen LogP contribution in [-0.2, 0) is 14.8 Å². The Labute approximate surface area is 114 Å². The molecule has 0 aliphatic rings. The van der Waals surface area contributed by atoms with Crippen molar-refractivity contribution in [2.45, 2.75) is 24.8 Å². The van der Waals surface area contributed by atoms with Gasteiger partial charge in [-0.2, -0.15) is 9.57 Å². The fourth-order valence-corrected chi connectivity index (χ4v) is 3.51. The maximum absolute atomic E-state index is 12.5. The summed E-state index contributed by atoms with van der Waals surface area (Å²) >= 11 is 0. The minimum absolute atomic E-state index is 0.191. The number of methoxy groups -OCH3 is 1. The summed E-state index contributed by atoms with van der Waals surface area (Å²) in [5.41, 5.74) is 0.437. The SMILES string of the molecule is CCN(C(C)COC)S(=O)(=O)c1ccc(C#N)cc1. The van der Waals surface area contributed by atoms with Crippen LogP contribution in [0.1, 0.15) is 19.4 Å². The highest BCUT2D eigenvalue weighted by Gasteiger charge is 2.27. The van der Waals surface area contributed by atoms with Gasteiger partial charge in [0.05, 0.1) is 23.1 Å². The van der Waals surface area contributed by atoms with Crippen molar-refractivity contribution >= 4 is 10.0 Å². The van der Waals surface area contributed by atoms with Gasteiger partial charge < -0.3 is 4.74 Å². The molecule has 0 amide bonds. The summed E-state index contributed by atoms with van der Waals surface area (Å²) in [4.78, 5) is 0.191. The second-order valence-corrected chi connectivity index (χ2v) is 6.04. The Balaban J connectivity index is 3.09. The van der Waals surface area contributed by atoms with Gasteiger partial charge in [0, 0.05) is 19.7 Å². The Morgan fingerprint density at radius 2 is 1.95 bits per heavy atom. The molecule has 0 aliphatic carbocycles. The van der Waals surface area contributed by atoms with Gasteiger partial charge in [0.2, 0.25) is 10.0 Å². The van der Waals surface area contributed by atoms with E-state index in [1.165, 1.54) is 28.6 Å². The van der Waals surface area contributed by atoms with Crippen LogP contribution in [0.4, 0.5) is 0 Å². The molecule has 0 fully saturated rings. The second kappa shape index (κ2) is 6.66. The van der Waals surface area contributed by atoms with Crippen LogP contribution in [0, 0.1) is 11.3 Å². The molecule has 0 aliphatic heterocycles. The molecule has 1 aromatic rings. The van der Waals surface area contributed by atoms with Gasteiger partial charge in [0.1, 0.15) is 0 Å². The lowest BCUT2D eigenvalue weighted by molar-refractivity contribution is 0.142. The van der Waals surface area contributed by atoms with Crippen LogP contribution in [0.5, 0.6) is 0 Å². The fourth-order valence-electron chi connectivity index (χ4n) is 1.88. The lowest BCUT2D eigenvalue weighted by atomic mass is 10.2. The second-order valence-electron chi connectivity index (χ2n) is 4.15. The quantitative estimate of drug-likeness (QED) is 0.794. The molecule has 0 bridgehead atoms. The van der Waals surface area contributed by atoms with Gasteiger partial charge in [0.25, 0.3) is 0 Å². The van der Waals surface area contributed by atoms with Crippen molar-refractivity contribution in [3.63, 3.8) is 0 Å². The van der Waals surface area contributed by atoms with Crippen molar-refractivity contribution < 1.29 is 13.2 Å². The molecule has 1 rings (SSSR count). The molecule has 0 heterocycles. The van der Waals surface area contributed by atoms with Gasteiger partial charge in [-0.05, 0) is 31.2 Å². The zero-order chi connectivity index (χ0) is 14.5. The van der Waals surface area contributed by atoms with E-state index in [9.17, 15) is 8.42 Å². The number of hydrogen-bond acceptors (Lipinski definition) is 4. The lowest BCUT2D eigenvalue weighted by Crippen LogP contribution is -2.40. The van der Waals surface area contributed by atoms with Crippen LogP contribution in [0.25, 0.3) is 0 Å². The van der Waals surface area contributed by atoms with E-state index in [0.29, 0.717) is 18.7 Å². The van der Waals surface area contributed by atoms with Crippen LogP contribution in [0.2, 0.25) is 0 Å². The van der Waals surface area contributed by atoms with Crippen molar-refractivity contribution in [3.05, 3.63) is 29.8 Å². The van der Waals surface area contributed by atoms with E-state index < -0.39 is 10.0 Å². The van der Waals surface area contributed by atoms with E-state index in [0.717, 1.165) is 0 Å². The van der Waals surface area contributed by atoms with Gasteiger partial charge in [0.15, 0.2) is 0 Å². The van der Waals surface area contributed by atoms with Crippen LogP contribution in [0.3, 0.4) is 0 Å². The highest BCUT2D eigenvalue weighted by atomic mass is 32.2. The van der Waals surface area contributed by atoms with Crippen LogP contribution < -0.4 is 0 Å². The number of likely N-dealkylation sites (N-methyl/N-ethyl adjacent to an activating group) is 1. The first-order valence-electron chi connectivity index (χ1n) is 5.98. The third-order valence-corrected chi connectivity index (χ3v) is 4.90. The Hall–Kier alpha value is -1.42. The van der Waals surface area contributed by atoms with E-state index in [1.54, 1.807) is 21.0 Å². The normalized spacial score (nSPS) is 13.2. The van der Waals surface area contributed by atoms with E-state index in [2.05, 4.69) is 0 Å². The molecule has 5 nitrogen and oxygen atoms in total. The zero-order valence-corrected chi connectivity index (χ0v) is 12.1. The Kier molecular flexibility index (Phi) is 5.48. The standard InChI is InChI=1S/C13H18N2O3S/c1-4-15(11(2)10-18-3)19(16,17)13-7-5-12(9-14)6-8-13/h5-8,11H,4,10H2,1-3H3. The van der Waals surface area contributed by atoms with E-state index in [1.807, 2.05) is 6.07 Å². The van der Waals surface area contributed by atoms with Gasteiger partial charge in [-0.25, -0.2) is 8.42 Å². The maximum Gasteiger partial charge on any atom is 0.243 e. The first-order chi connectivity index (χ1) is 8.97. The molecule has 0 spiro atoms. The van der Waals surface area contributed by atoms with Crippen molar-refractivity contribution in [3.8, 4) is 6.07 Å². The number of rotatable bonds is 6. The summed E-state index contributed by atoms with van der Waals surface area (Å²) in [5, 5.41) is 8.72. The molecular formula is C13H18N2O3S. The summed E-state index contributed by atoms with van der Waals surface area (Å²) in [7, 11) is -2.01. The summed E-state index contributed by atoms with van der Waals surface area (Å²) in [6.07, 6.45) is 0. The number of ether oxygens (including phenoxy) is 1. The Morgan fingerprint density at radius 3 is 2.37 bits per heavy atom. The minimum Gasteiger partial charge on any atom is -0.383 e. The van der Waals surface area contributed by atoms with Crippen LogP contribution in [0.15, 0.2) is 29.2 Å². The third-order valence-electron chi connectivity index (χ3n) is 2.80. The predicted octanol–water partition coefficient (Wildman–Crippen LogP) is 1.60. The molecule has 1 aromatic carbocycles. The first kappa shape index (κ1) is 15.6. The Bertz CT molecular complexity index is 546. The summed E-state index contributed by atoms with van der Waals surface area (Å²) < 4.78 is 31.3. The van der Waals surface area contributed by atoms with Crippen molar-refractivity contribution in [2.24, 2.45) is 0 Å². The average Bonchev–Trinajstić information content (AvgIpc) is 2.39. The summed E-state index contributed by atoms with van der Waals surface area (Å²) in [6.45, 7) is 4.29. The third kappa shape index (κ3) is 3.53. The first-order valence-corrected chi connectivity index (χ1v) is 7.42. The average molecular weight is 282 g/mol. The maximum atomic E-state index is 12.5. The number of nitrogens with zero attached hydrogens (tertiary/aromatic N) is 2. The van der Waals surface area contributed by atoms with Gasteiger partial charge in [-0.15, -0.1) is 0 Å². The molecule has 0 saturated heterocycles. The van der Waals surface area contributed by atoms with Crippen molar-refractivity contribution in [1.29, 1.82) is 5.26 Å². The number of hydrogen-bond donors (Lipinski definition) is 0. The van der Waals surface area contributed by atoms with Gasteiger partial charge >= 0.3 is 0 Å². The Morgan fingerprint density at radius 1 is 1.37 bits per heavy atom. The van der Waals surface area contributed by atoms with Crippen LogP contribution in [-0.4, -0.2) is 39.0 Å². The van der Waals surface area contributed by atoms with E-state index in [-0.39, 0.29) is 10.9 Å². The highest BCUT2D eigenvalue weighted by molar-refractivity contribution is 7.89. The number of benzene rings is 1. The molecule has 1 unspecified atom stereocenters. The van der Waals surface area contributed by atoms with Crippen molar-refractivity contribution in [1.82, 2.24) is 4.31 Å². The monoisotopic (exact) mass is 282 g/mol. The highest BCUT2D eigenvalue weighted by Crippen LogP contribution is 2.18. The van der Waals surface area contributed by atoms with Gasteiger partial charge in [-0.1, -0.05) is 6.92 Å². The molecule has 0 radical (unpaired) electrons. The predicted molar refractivity (Wildman–Crippen MR) is 72.1 cm³/mol. The van der Waals surface area contributed by atoms with Crippen molar-refractivity contribution in [2.75, 3.05) is 20.3 Å². The largest absolute Gasteiger partial charge is 0.383 e. The summed E-state index contributed by atoms with van der Waals surface area (Å²) in [6, 6.07) is 7.64. The molecule has 0 aromatic heterocycles. The molecule has 1 atom stereocenters. The minimum atomic E-state index is -3.55.